The summed E-state index contributed by atoms with van der Waals surface area (Å²) in [4.78, 5) is 5.53. The van der Waals surface area contributed by atoms with E-state index < -0.39 is 0 Å². The van der Waals surface area contributed by atoms with Crippen LogP contribution in [0, 0.1) is 0 Å². The lowest BCUT2D eigenvalue weighted by Gasteiger charge is -2.36. The second kappa shape index (κ2) is 5.51. The Morgan fingerprint density at radius 2 is 2.25 bits per heavy atom. The maximum atomic E-state index is 5.53. The zero-order valence-corrected chi connectivity index (χ0v) is 7.96. The van der Waals surface area contributed by atoms with Gasteiger partial charge in [0.1, 0.15) is 0 Å². The van der Waals surface area contributed by atoms with Gasteiger partial charge in [-0.15, -0.1) is 0 Å². The smallest absolute Gasteiger partial charge is 0.0657 e. The van der Waals surface area contributed by atoms with E-state index in [0.717, 1.165) is 26.1 Å². The van der Waals surface area contributed by atoms with Crippen LogP contribution in [0.2, 0.25) is 0 Å². The summed E-state index contributed by atoms with van der Waals surface area (Å²) in [6.45, 7) is 4.57. The summed E-state index contributed by atoms with van der Waals surface area (Å²) in [5.41, 5.74) is 5.45. The van der Waals surface area contributed by atoms with Crippen molar-refractivity contribution < 1.29 is 4.84 Å². The number of nitrogens with zero attached hydrogens (tertiary/aromatic N) is 1. The molecule has 0 bridgehead atoms. The molecule has 0 heterocycles. The van der Waals surface area contributed by atoms with Crippen LogP contribution < -0.4 is 5.73 Å². The van der Waals surface area contributed by atoms with Crippen molar-refractivity contribution in [1.29, 1.82) is 0 Å². The third-order valence-electron chi connectivity index (χ3n) is 2.36. The molecule has 1 saturated carbocycles. The first-order chi connectivity index (χ1) is 5.88. The van der Waals surface area contributed by atoms with E-state index in [1.807, 2.05) is 6.92 Å². The molecule has 0 saturated heterocycles. The maximum absolute atomic E-state index is 5.53. The lowest BCUT2D eigenvalue weighted by atomic mass is 9.93. The summed E-state index contributed by atoms with van der Waals surface area (Å²) in [6.07, 6.45) is 4.99. The Labute approximate surface area is 74.8 Å². The van der Waals surface area contributed by atoms with Gasteiger partial charge < -0.3 is 5.73 Å². The highest BCUT2D eigenvalue weighted by Crippen LogP contribution is 2.24. The fraction of sp³-hybridized carbons (Fsp3) is 1.00. The van der Waals surface area contributed by atoms with Gasteiger partial charge in [-0.2, -0.15) is 5.06 Å². The third-order valence-corrected chi connectivity index (χ3v) is 2.36. The van der Waals surface area contributed by atoms with E-state index in [2.05, 4.69) is 5.06 Å². The number of hydroxylamine groups is 2. The first-order valence-electron chi connectivity index (χ1n) is 4.98. The van der Waals surface area contributed by atoms with E-state index >= 15 is 0 Å². The molecule has 3 nitrogen and oxygen atoms in total. The van der Waals surface area contributed by atoms with E-state index in [9.17, 15) is 0 Å². The predicted molar refractivity (Wildman–Crippen MR) is 49.6 cm³/mol. The lowest BCUT2D eigenvalue weighted by Crippen LogP contribution is -2.41. The molecule has 0 aromatic carbocycles. The second-order valence-electron chi connectivity index (χ2n) is 3.29. The third kappa shape index (κ3) is 2.73. The maximum Gasteiger partial charge on any atom is 0.0657 e. The molecular formula is C9H20N2O. The number of nitrogens with two attached hydrogens (primary N) is 1. The summed E-state index contributed by atoms with van der Waals surface area (Å²) < 4.78 is 0. The van der Waals surface area contributed by atoms with Gasteiger partial charge in [0.2, 0.25) is 0 Å². The van der Waals surface area contributed by atoms with Crippen LogP contribution in [-0.2, 0) is 4.84 Å². The molecule has 0 aliphatic heterocycles. The molecule has 0 spiro atoms. The first kappa shape index (κ1) is 9.96. The highest BCUT2D eigenvalue weighted by molar-refractivity contribution is 4.75. The normalized spacial score (nSPS) is 18.2. The standard InChI is InChI=1S/C9H20N2O/c1-2-12-11(8-4-7-10)9-5-3-6-9/h9H,2-8,10H2,1H3. The largest absolute Gasteiger partial charge is 0.330 e. The van der Waals surface area contributed by atoms with Crippen LogP contribution in [0.1, 0.15) is 32.6 Å². The Hall–Kier alpha value is -0.120. The van der Waals surface area contributed by atoms with Gasteiger partial charge in [-0.1, -0.05) is 6.42 Å². The minimum atomic E-state index is 0.677. The van der Waals surface area contributed by atoms with Crippen LogP contribution in [0.15, 0.2) is 0 Å². The summed E-state index contributed by atoms with van der Waals surface area (Å²) in [6, 6.07) is 0.677. The fourth-order valence-corrected chi connectivity index (χ4v) is 1.44. The first-order valence-corrected chi connectivity index (χ1v) is 4.98. The van der Waals surface area contributed by atoms with Crippen molar-refractivity contribution in [3.8, 4) is 0 Å². The molecule has 0 unspecified atom stereocenters. The molecule has 1 rings (SSSR count). The zero-order valence-electron chi connectivity index (χ0n) is 7.96. The minimum absolute atomic E-state index is 0.677. The molecule has 2 N–H and O–H groups in total. The molecule has 1 fully saturated rings. The average molecular weight is 172 g/mol. The Balaban J connectivity index is 2.17. The van der Waals surface area contributed by atoms with Gasteiger partial charge in [-0.05, 0) is 32.7 Å². The summed E-state index contributed by atoms with van der Waals surface area (Å²) >= 11 is 0. The van der Waals surface area contributed by atoms with Crippen molar-refractivity contribution in [3.05, 3.63) is 0 Å². The molecule has 12 heavy (non-hydrogen) atoms. The Bertz CT molecular complexity index is 115. The van der Waals surface area contributed by atoms with Crippen molar-refractivity contribution in [1.82, 2.24) is 5.06 Å². The molecule has 0 radical (unpaired) electrons. The van der Waals surface area contributed by atoms with Crippen molar-refractivity contribution in [3.63, 3.8) is 0 Å². The van der Waals surface area contributed by atoms with Gasteiger partial charge in [0, 0.05) is 12.6 Å². The molecule has 1 aliphatic carbocycles. The van der Waals surface area contributed by atoms with Gasteiger partial charge in [-0.25, -0.2) is 0 Å². The summed E-state index contributed by atoms with van der Waals surface area (Å²) in [7, 11) is 0. The Morgan fingerprint density at radius 1 is 1.50 bits per heavy atom. The molecule has 72 valence electrons. The van der Waals surface area contributed by atoms with E-state index in [0.29, 0.717) is 6.04 Å². The van der Waals surface area contributed by atoms with Crippen molar-refractivity contribution >= 4 is 0 Å². The Morgan fingerprint density at radius 3 is 2.67 bits per heavy atom. The van der Waals surface area contributed by atoms with Crippen LogP contribution in [0.4, 0.5) is 0 Å². The van der Waals surface area contributed by atoms with Gasteiger partial charge in [0.15, 0.2) is 0 Å². The van der Waals surface area contributed by atoms with E-state index in [1.54, 1.807) is 0 Å². The van der Waals surface area contributed by atoms with Crippen LogP contribution in [0.25, 0.3) is 0 Å². The molecule has 0 aromatic rings. The predicted octanol–water partition coefficient (Wildman–Crippen LogP) is 1.14. The van der Waals surface area contributed by atoms with E-state index in [4.69, 9.17) is 10.6 Å². The molecule has 3 heteroatoms. The molecule has 0 atom stereocenters. The molecule has 0 amide bonds. The van der Waals surface area contributed by atoms with Crippen LogP contribution in [0.5, 0.6) is 0 Å². The molecular weight excluding hydrogens is 152 g/mol. The van der Waals surface area contributed by atoms with Gasteiger partial charge in [0.05, 0.1) is 6.61 Å². The minimum Gasteiger partial charge on any atom is -0.330 e. The topological polar surface area (TPSA) is 38.5 Å². The number of hydrogen-bond acceptors (Lipinski definition) is 3. The van der Waals surface area contributed by atoms with Crippen molar-refractivity contribution in [2.45, 2.75) is 38.6 Å². The highest BCUT2D eigenvalue weighted by atomic mass is 16.7. The van der Waals surface area contributed by atoms with Crippen LogP contribution in [-0.4, -0.2) is 30.8 Å². The second-order valence-corrected chi connectivity index (χ2v) is 3.29. The SMILES string of the molecule is CCON(CCCN)C1CCC1. The quantitative estimate of drug-likeness (QED) is 0.611. The van der Waals surface area contributed by atoms with Crippen LogP contribution >= 0.6 is 0 Å². The van der Waals surface area contributed by atoms with Crippen LogP contribution in [0.3, 0.4) is 0 Å². The average Bonchev–Trinajstić information content (AvgIpc) is 1.97. The van der Waals surface area contributed by atoms with Gasteiger partial charge >= 0.3 is 0 Å². The fourth-order valence-electron chi connectivity index (χ4n) is 1.44. The highest BCUT2D eigenvalue weighted by Gasteiger charge is 2.24. The monoisotopic (exact) mass is 172 g/mol. The molecule has 1 aliphatic rings. The number of hydrogen-bond donors (Lipinski definition) is 1. The lowest BCUT2D eigenvalue weighted by molar-refractivity contribution is -0.197. The van der Waals surface area contributed by atoms with Gasteiger partial charge in [-0.3, -0.25) is 4.84 Å². The van der Waals surface area contributed by atoms with Crippen molar-refractivity contribution in [2.24, 2.45) is 5.73 Å². The zero-order chi connectivity index (χ0) is 8.81. The van der Waals surface area contributed by atoms with Gasteiger partial charge in [0.25, 0.3) is 0 Å². The summed E-state index contributed by atoms with van der Waals surface area (Å²) in [5, 5.41) is 2.12. The van der Waals surface area contributed by atoms with E-state index in [-0.39, 0.29) is 0 Å². The Kier molecular flexibility index (Phi) is 4.58. The van der Waals surface area contributed by atoms with E-state index in [1.165, 1.54) is 19.3 Å². The summed E-state index contributed by atoms with van der Waals surface area (Å²) in [5.74, 6) is 0. The molecule has 0 aromatic heterocycles. The number of rotatable bonds is 6. The van der Waals surface area contributed by atoms with Crippen molar-refractivity contribution in [2.75, 3.05) is 19.7 Å².